The number of ketones is 1. The van der Waals surface area contributed by atoms with Crippen LogP contribution in [-0.2, 0) is 12.1 Å². The van der Waals surface area contributed by atoms with Crippen molar-refractivity contribution in [2.45, 2.75) is 45.7 Å². The molecule has 0 radical (unpaired) electrons. The first kappa shape index (κ1) is 18.5. The first-order chi connectivity index (χ1) is 12.4. The van der Waals surface area contributed by atoms with Crippen LogP contribution in [0.2, 0.25) is 0 Å². The SMILES string of the molecule is COc1ccc(C(=O)C2CCN(Cc3nnnn3C(C)(C)C)CC2)cc1. The van der Waals surface area contributed by atoms with Gasteiger partial charge >= 0.3 is 0 Å². The maximum Gasteiger partial charge on any atom is 0.166 e. The minimum absolute atomic E-state index is 0.0817. The van der Waals surface area contributed by atoms with Crippen molar-refractivity contribution in [1.82, 2.24) is 25.1 Å². The molecule has 0 bridgehead atoms. The highest BCUT2D eigenvalue weighted by Crippen LogP contribution is 2.24. The van der Waals surface area contributed by atoms with E-state index >= 15 is 0 Å². The third-order valence-corrected chi connectivity index (χ3v) is 4.87. The molecule has 0 aliphatic carbocycles. The van der Waals surface area contributed by atoms with Crippen LogP contribution in [-0.4, -0.2) is 51.1 Å². The lowest BCUT2D eigenvalue weighted by molar-refractivity contribution is 0.0830. The first-order valence-electron chi connectivity index (χ1n) is 9.07. The van der Waals surface area contributed by atoms with Gasteiger partial charge in [-0.15, -0.1) is 5.10 Å². The Morgan fingerprint density at radius 3 is 2.42 bits per heavy atom. The zero-order valence-electron chi connectivity index (χ0n) is 16.0. The number of piperidine rings is 1. The normalized spacial score (nSPS) is 16.6. The molecule has 0 spiro atoms. The van der Waals surface area contributed by atoms with Crippen molar-refractivity contribution in [3.63, 3.8) is 0 Å². The van der Waals surface area contributed by atoms with Gasteiger partial charge in [-0.1, -0.05) is 0 Å². The number of ether oxygens (including phenoxy) is 1. The van der Waals surface area contributed by atoms with Crippen LogP contribution < -0.4 is 4.74 Å². The summed E-state index contributed by atoms with van der Waals surface area (Å²) in [6.07, 6.45) is 1.73. The van der Waals surface area contributed by atoms with Crippen molar-refractivity contribution in [3.8, 4) is 5.75 Å². The molecule has 1 saturated heterocycles. The molecule has 1 fully saturated rings. The summed E-state index contributed by atoms with van der Waals surface area (Å²) in [4.78, 5) is 15.0. The number of nitrogens with zero attached hydrogens (tertiary/aromatic N) is 5. The fourth-order valence-electron chi connectivity index (χ4n) is 3.37. The molecule has 7 heteroatoms. The van der Waals surface area contributed by atoms with Crippen molar-refractivity contribution in [3.05, 3.63) is 35.7 Å². The lowest BCUT2D eigenvalue weighted by Crippen LogP contribution is -2.37. The third kappa shape index (κ3) is 4.09. The van der Waals surface area contributed by atoms with Crippen molar-refractivity contribution in [2.24, 2.45) is 5.92 Å². The van der Waals surface area contributed by atoms with E-state index in [1.54, 1.807) is 7.11 Å². The van der Waals surface area contributed by atoms with Crippen molar-refractivity contribution >= 4 is 5.78 Å². The van der Waals surface area contributed by atoms with E-state index in [-0.39, 0.29) is 17.2 Å². The summed E-state index contributed by atoms with van der Waals surface area (Å²) >= 11 is 0. The molecular weight excluding hydrogens is 330 g/mol. The van der Waals surface area contributed by atoms with Crippen LogP contribution in [0.5, 0.6) is 5.75 Å². The summed E-state index contributed by atoms with van der Waals surface area (Å²) in [7, 11) is 1.63. The van der Waals surface area contributed by atoms with E-state index in [0.29, 0.717) is 6.54 Å². The van der Waals surface area contributed by atoms with Gasteiger partial charge in [-0.05, 0) is 81.4 Å². The van der Waals surface area contributed by atoms with Gasteiger partial charge in [0.15, 0.2) is 11.6 Å². The lowest BCUT2D eigenvalue weighted by Gasteiger charge is -2.31. The van der Waals surface area contributed by atoms with Gasteiger partial charge in [0.1, 0.15) is 5.75 Å². The third-order valence-electron chi connectivity index (χ3n) is 4.87. The van der Waals surface area contributed by atoms with Gasteiger partial charge in [-0.2, -0.15) is 0 Å². The van der Waals surface area contributed by atoms with Crippen LogP contribution in [0.25, 0.3) is 0 Å². The van der Waals surface area contributed by atoms with E-state index < -0.39 is 0 Å². The molecule has 1 aromatic carbocycles. The van der Waals surface area contributed by atoms with E-state index in [1.165, 1.54) is 0 Å². The average molecular weight is 357 g/mol. The standard InChI is InChI=1S/C19H27N5O2/c1-19(2,3)24-17(20-21-22-24)13-23-11-9-15(10-12-23)18(25)14-5-7-16(26-4)8-6-14/h5-8,15H,9-13H2,1-4H3. The molecular formula is C19H27N5O2. The molecule has 0 atom stereocenters. The minimum atomic E-state index is -0.137. The fraction of sp³-hybridized carbons (Fsp3) is 0.579. The maximum atomic E-state index is 12.7. The number of methoxy groups -OCH3 is 1. The van der Waals surface area contributed by atoms with Gasteiger partial charge in [0, 0.05) is 11.5 Å². The average Bonchev–Trinajstić information content (AvgIpc) is 3.10. The van der Waals surface area contributed by atoms with E-state index in [2.05, 4.69) is 41.2 Å². The summed E-state index contributed by atoms with van der Waals surface area (Å²) < 4.78 is 7.03. The Balaban J connectivity index is 1.57. The van der Waals surface area contributed by atoms with Crippen LogP contribution in [0.4, 0.5) is 0 Å². The predicted octanol–water partition coefficient (Wildman–Crippen LogP) is 2.53. The van der Waals surface area contributed by atoms with Crippen LogP contribution in [0.3, 0.4) is 0 Å². The van der Waals surface area contributed by atoms with Crippen molar-refractivity contribution in [1.29, 1.82) is 0 Å². The Labute approximate surface area is 154 Å². The number of carbonyl (C=O) groups is 1. The van der Waals surface area contributed by atoms with E-state index in [9.17, 15) is 4.79 Å². The number of rotatable bonds is 5. The van der Waals surface area contributed by atoms with Gasteiger partial charge in [0.25, 0.3) is 0 Å². The molecule has 2 aromatic rings. The highest BCUT2D eigenvalue weighted by molar-refractivity contribution is 5.98. The number of aromatic nitrogens is 4. The Kier molecular flexibility index (Phi) is 5.36. The molecule has 0 unspecified atom stereocenters. The molecule has 1 aliphatic heterocycles. The number of hydrogen-bond acceptors (Lipinski definition) is 6. The molecule has 140 valence electrons. The zero-order chi connectivity index (χ0) is 18.7. The number of hydrogen-bond donors (Lipinski definition) is 0. The predicted molar refractivity (Wildman–Crippen MR) is 98.1 cm³/mol. The Morgan fingerprint density at radius 2 is 1.85 bits per heavy atom. The molecule has 1 aliphatic rings. The van der Waals surface area contributed by atoms with Crippen LogP contribution in [0.1, 0.15) is 49.8 Å². The second kappa shape index (κ2) is 7.53. The number of benzene rings is 1. The zero-order valence-corrected chi connectivity index (χ0v) is 16.0. The largest absolute Gasteiger partial charge is 0.497 e. The summed E-state index contributed by atoms with van der Waals surface area (Å²) in [6, 6.07) is 7.39. The summed E-state index contributed by atoms with van der Waals surface area (Å²) in [6.45, 7) is 8.74. The molecule has 0 saturated carbocycles. The van der Waals surface area contributed by atoms with Crippen molar-refractivity contribution in [2.75, 3.05) is 20.2 Å². The highest BCUT2D eigenvalue weighted by atomic mass is 16.5. The summed E-state index contributed by atoms with van der Waals surface area (Å²) in [5, 5.41) is 12.1. The Hall–Kier alpha value is -2.28. The molecule has 3 rings (SSSR count). The number of Topliss-reactive ketones (excluding diaryl/α,β-unsaturated/α-hetero) is 1. The molecule has 7 nitrogen and oxygen atoms in total. The Morgan fingerprint density at radius 1 is 1.19 bits per heavy atom. The van der Waals surface area contributed by atoms with Crippen LogP contribution in [0.15, 0.2) is 24.3 Å². The van der Waals surface area contributed by atoms with E-state index in [0.717, 1.165) is 43.1 Å². The summed E-state index contributed by atoms with van der Waals surface area (Å²) in [5.41, 5.74) is 0.627. The second-order valence-corrected chi connectivity index (χ2v) is 7.82. The van der Waals surface area contributed by atoms with Crippen LogP contribution in [0, 0.1) is 5.92 Å². The molecule has 1 aromatic heterocycles. The maximum absolute atomic E-state index is 12.7. The van der Waals surface area contributed by atoms with Gasteiger partial charge in [-0.25, -0.2) is 4.68 Å². The minimum Gasteiger partial charge on any atom is -0.497 e. The Bertz CT molecular complexity index is 740. The van der Waals surface area contributed by atoms with Crippen LogP contribution >= 0.6 is 0 Å². The van der Waals surface area contributed by atoms with E-state index in [1.807, 2.05) is 28.9 Å². The highest BCUT2D eigenvalue weighted by Gasteiger charge is 2.28. The molecule has 26 heavy (non-hydrogen) atoms. The van der Waals surface area contributed by atoms with Gasteiger partial charge < -0.3 is 4.74 Å². The number of tetrazole rings is 1. The molecule has 0 N–H and O–H groups in total. The van der Waals surface area contributed by atoms with Gasteiger partial charge in [0.2, 0.25) is 0 Å². The number of likely N-dealkylation sites (tertiary alicyclic amines) is 1. The van der Waals surface area contributed by atoms with Gasteiger partial charge in [0.05, 0.1) is 19.2 Å². The second-order valence-electron chi connectivity index (χ2n) is 7.82. The topological polar surface area (TPSA) is 73.1 Å². The molecule has 0 amide bonds. The lowest BCUT2D eigenvalue weighted by atomic mass is 9.89. The quantitative estimate of drug-likeness (QED) is 0.766. The molecule has 2 heterocycles. The summed E-state index contributed by atoms with van der Waals surface area (Å²) in [5.74, 6) is 1.95. The van der Waals surface area contributed by atoms with Crippen molar-refractivity contribution < 1.29 is 9.53 Å². The van der Waals surface area contributed by atoms with Gasteiger partial charge in [-0.3, -0.25) is 9.69 Å². The number of carbonyl (C=O) groups excluding carboxylic acids is 1. The van der Waals surface area contributed by atoms with E-state index in [4.69, 9.17) is 4.74 Å². The smallest absolute Gasteiger partial charge is 0.166 e. The fourth-order valence-corrected chi connectivity index (χ4v) is 3.37. The monoisotopic (exact) mass is 357 g/mol. The first-order valence-corrected chi connectivity index (χ1v) is 9.07.